The maximum atomic E-state index is 12.7. The van der Waals surface area contributed by atoms with Crippen LogP contribution in [0.25, 0.3) is 0 Å². The first kappa shape index (κ1) is 22.7. The highest BCUT2D eigenvalue weighted by atomic mass is 35.5. The second-order valence-electron chi connectivity index (χ2n) is 7.26. The SMILES string of the molecule is COc1cc2c(cc1OC)[C@@H](CNC(=O)OCc1ccccc1)N(C(=O)[C@@H](C)Cl)CC2. The minimum atomic E-state index is -0.672. The monoisotopic (exact) mass is 446 g/mol. The van der Waals surface area contributed by atoms with Crippen molar-refractivity contribution in [3.63, 3.8) is 0 Å². The number of hydrogen-bond acceptors (Lipinski definition) is 5. The fraction of sp³-hybridized carbons (Fsp3) is 0.391. The van der Waals surface area contributed by atoms with Gasteiger partial charge < -0.3 is 24.4 Å². The van der Waals surface area contributed by atoms with E-state index in [4.69, 9.17) is 25.8 Å². The molecular formula is C23H27ClN2O5. The third-order valence-electron chi connectivity index (χ3n) is 5.28. The van der Waals surface area contributed by atoms with E-state index in [1.54, 1.807) is 26.0 Å². The molecule has 1 aliphatic heterocycles. The average Bonchev–Trinajstić information content (AvgIpc) is 2.80. The predicted octanol–water partition coefficient (Wildman–Crippen LogP) is 3.68. The third-order valence-corrected chi connectivity index (χ3v) is 5.47. The largest absolute Gasteiger partial charge is 0.493 e. The highest BCUT2D eigenvalue weighted by molar-refractivity contribution is 6.30. The van der Waals surface area contributed by atoms with Crippen LogP contribution in [0.2, 0.25) is 0 Å². The molecule has 1 N–H and O–H groups in total. The summed E-state index contributed by atoms with van der Waals surface area (Å²) in [5.74, 6) is 0.999. The molecule has 0 fully saturated rings. The molecule has 0 spiro atoms. The normalized spacial score (nSPS) is 16.1. The fourth-order valence-electron chi connectivity index (χ4n) is 3.69. The van der Waals surface area contributed by atoms with E-state index >= 15 is 0 Å². The Bertz CT molecular complexity index is 920. The lowest BCUT2D eigenvalue weighted by molar-refractivity contribution is -0.133. The second kappa shape index (κ2) is 10.4. The zero-order chi connectivity index (χ0) is 22.4. The molecule has 3 rings (SSSR count). The quantitative estimate of drug-likeness (QED) is 0.656. The van der Waals surface area contributed by atoms with Crippen molar-refractivity contribution >= 4 is 23.6 Å². The predicted molar refractivity (Wildman–Crippen MR) is 118 cm³/mol. The van der Waals surface area contributed by atoms with Crippen LogP contribution in [-0.2, 0) is 22.6 Å². The topological polar surface area (TPSA) is 77.1 Å². The molecule has 2 atom stereocenters. The molecule has 0 bridgehead atoms. The molecule has 31 heavy (non-hydrogen) atoms. The van der Waals surface area contributed by atoms with Crippen molar-refractivity contribution in [2.45, 2.75) is 31.4 Å². The Hall–Kier alpha value is -2.93. The Morgan fingerprint density at radius 3 is 2.48 bits per heavy atom. The van der Waals surface area contributed by atoms with Crippen LogP contribution >= 0.6 is 11.6 Å². The zero-order valence-electron chi connectivity index (χ0n) is 17.9. The van der Waals surface area contributed by atoms with Crippen LogP contribution in [0.1, 0.15) is 29.7 Å². The summed E-state index contributed by atoms with van der Waals surface area (Å²) in [6, 6.07) is 12.8. The highest BCUT2D eigenvalue weighted by Crippen LogP contribution is 2.38. The molecule has 1 heterocycles. The smallest absolute Gasteiger partial charge is 0.407 e. The molecule has 0 saturated heterocycles. The van der Waals surface area contributed by atoms with Gasteiger partial charge in [0.05, 0.1) is 20.3 Å². The van der Waals surface area contributed by atoms with Gasteiger partial charge in [-0.15, -0.1) is 11.6 Å². The number of hydrogen-bond donors (Lipinski definition) is 1. The van der Waals surface area contributed by atoms with Gasteiger partial charge in [0.2, 0.25) is 5.91 Å². The van der Waals surface area contributed by atoms with Gasteiger partial charge in [-0.2, -0.15) is 0 Å². The van der Waals surface area contributed by atoms with Crippen molar-refractivity contribution in [3.05, 3.63) is 59.2 Å². The molecule has 7 nitrogen and oxygen atoms in total. The maximum absolute atomic E-state index is 12.7. The average molecular weight is 447 g/mol. The fourth-order valence-corrected chi connectivity index (χ4v) is 3.82. The van der Waals surface area contributed by atoms with E-state index in [1.807, 2.05) is 42.5 Å². The molecule has 2 aromatic carbocycles. The number of nitrogens with zero attached hydrogens (tertiary/aromatic N) is 1. The van der Waals surface area contributed by atoms with Gasteiger partial charge in [-0.05, 0) is 42.2 Å². The van der Waals surface area contributed by atoms with Gasteiger partial charge in [0, 0.05) is 13.1 Å². The Morgan fingerprint density at radius 2 is 1.84 bits per heavy atom. The van der Waals surface area contributed by atoms with E-state index < -0.39 is 17.5 Å². The number of carbonyl (C=O) groups is 2. The third kappa shape index (κ3) is 5.41. The van der Waals surface area contributed by atoms with Crippen molar-refractivity contribution in [3.8, 4) is 11.5 Å². The molecule has 0 aliphatic carbocycles. The first-order valence-electron chi connectivity index (χ1n) is 10.1. The molecule has 0 radical (unpaired) electrons. The Kier molecular flexibility index (Phi) is 7.63. The van der Waals surface area contributed by atoms with E-state index in [0.29, 0.717) is 24.5 Å². The molecule has 8 heteroatoms. The van der Waals surface area contributed by atoms with Crippen LogP contribution in [0.5, 0.6) is 11.5 Å². The molecule has 1 aliphatic rings. The maximum Gasteiger partial charge on any atom is 0.407 e. The molecule has 2 aromatic rings. The number of amides is 2. The highest BCUT2D eigenvalue weighted by Gasteiger charge is 2.34. The standard InChI is InChI=1S/C23H27ClN2O5/c1-15(24)22(27)26-10-9-17-11-20(29-2)21(30-3)12-18(17)19(26)13-25-23(28)31-14-16-7-5-4-6-8-16/h4-8,11-12,15,19H,9-10,13-14H2,1-3H3,(H,25,28)/t15-,19-/m1/s1. The summed E-state index contributed by atoms with van der Waals surface area (Å²) < 4.78 is 16.2. The Morgan fingerprint density at radius 1 is 1.16 bits per heavy atom. The summed E-state index contributed by atoms with van der Waals surface area (Å²) in [5, 5.41) is 2.11. The number of rotatable bonds is 7. The number of benzene rings is 2. The van der Waals surface area contributed by atoms with E-state index in [2.05, 4.69) is 5.32 Å². The lowest BCUT2D eigenvalue weighted by atomic mass is 9.91. The van der Waals surface area contributed by atoms with Crippen molar-refractivity contribution in [1.82, 2.24) is 10.2 Å². The number of fused-ring (bicyclic) bond motifs is 1. The summed E-state index contributed by atoms with van der Waals surface area (Å²) in [4.78, 5) is 26.7. The number of alkyl halides is 1. The first-order chi connectivity index (χ1) is 14.9. The summed E-state index contributed by atoms with van der Waals surface area (Å²) in [5.41, 5.74) is 2.82. The number of carbonyl (C=O) groups excluding carboxylic acids is 2. The van der Waals surface area contributed by atoms with E-state index in [0.717, 1.165) is 16.7 Å². The van der Waals surface area contributed by atoms with Crippen molar-refractivity contribution < 1.29 is 23.8 Å². The lowest BCUT2D eigenvalue weighted by Crippen LogP contribution is -2.47. The van der Waals surface area contributed by atoms with Gasteiger partial charge >= 0.3 is 6.09 Å². The molecule has 0 saturated carbocycles. The summed E-state index contributed by atoms with van der Waals surface area (Å²) in [6.45, 7) is 2.49. The van der Waals surface area contributed by atoms with Crippen molar-refractivity contribution in [2.75, 3.05) is 27.3 Å². The van der Waals surface area contributed by atoms with Crippen LogP contribution in [0.3, 0.4) is 0 Å². The zero-order valence-corrected chi connectivity index (χ0v) is 18.6. The second-order valence-corrected chi connectivity index (χ2v) is 7.92. The van der Waals surface area contributed by atoms with Gasteiger partial charge in [-0.3, -0.25) is 4.79 Å². The number of methoxy groups -OCH3 is 2. The van der Waals surface area contributed by atoms with Crippen LogP contribution in [0, 0.1) is 0 Å². The van der Waals surface area contributed by atoms with Gasteiger partial charge in [0.1, 0.15) is 12.0 Å². The Labute approximate surface area is 187 Å². The van der Waals surface area contributed by atoms with Gasteiger partial charge in [-0.25, -0.2) is 4.79 Å². The minimum Gasteiger partial charge on any atom is -0.493 e. The van der Waals surface area contributed by atoms with Gasteiger partial charge in [-0.1, -0.05) is 30.3 Å². The van der Waals surface area contributed by atoms with Crippen molar-refractivity contribution in [1.29, 1.82) is 0 Å². The summed E-state index contributed by atoms with van der Waals surface area (Å²) in [7, 11) is 3.14. The molecule has 0 unspecified atom stereocenters. The minimum absolute atomic E-state index is 0.167. The van der Waals surface area contributed by atoms with E-state index in [-0.39, 0.29) is 19.1 Å². The first-order valence-corrected chi connectivity index (χ1v) is 10.5. The molecule has 2 amide bonds. The van der Waals surface area contributed by atoms with Crippen molar-refractivity contribution in [2.24, 2.45) is 0 Å². The number of halogens is 1. The van der Waals surface area contributed by atoms with Crippen LogP contribution in [0.15, 0.2) is 42.5 Å². The van der Waals surface area contributed by atoms with E-state index in [9.17, 15) is 9.59 Å². The number of alkyl carbamates (subject to hydrolysis) is 1. The van der Waals surface area contributed by atoms with Gasteiger partial charge in [0.15, 0.2) is 11.5 Å². The lowest BCUT2D eigenvalue weighted by Gasteiger charge is -2.38. The summed E-state index contributed by atoms with van der Waals surface area (Å²) >= 11 is 6.09. The van der Waals surface area contributed by atoms with Crippen LogP contribution in [-0.4, -0.2) is 49.6 Å². The van der Waals surface area contributed by atoms with Gasteiger partial charge in [0.25, 0.3) is 0 Å². The Balaban J connectivity index is 1.78. The molecule has 166 valence electrons. The number of ether oxygens (including phenoxy) is 3. The molecular weight excluding hydrogens is 420 g/mol. The van der Waals surface area contributed by atoms with E-state index in [1.165, 1.54) is 0 Å². The molecule has 0 aromatic heterocycles. The van der Waals surface area contributed by atoms with Crippen LogP contribution < -0.4 is 14.8 Å². The number of nitrogens with one attached hydrogen (secondary N) is 1. The summed E-state index contributed by atoms with van der Waals surface area (Å²) in [6.07, 6.45) is 0.0998. The van der Waals surface area contributed by atoms with Crippen LogP contribution in [0.4, 0.5) is 4.79 Å².